The van der Waals surface area contributed by atoms with Gasteiger partial charge in [0.1, 0.15) is 5.69 Å². The Bertz CT molecular complexity index is 1470. The van der Waals surface area contributed by atoms with E-state index in [0.29, 0.717) is 43.2 Å². The van der Waals surface area contributed by atoms with Gasteiger partial charge < -0.3 is 9.80 Å². The van der Waals surface area contributed by atoms with E-state index in [1.807, 2.05) is 52.4 Å². The molecule has 8 heteroatoms. The van der Waals surface area contributed by atoms with Crippen LogP contribution in [0.25, 0.3) is 22.2 Å². The Morgan fingerprint density at radius 3 is 2.73 bits per heavy atom. The smallest absolute Gasteiger partial charge is 0.273 e. The fourth-order valence-corrected chi connectivity index (χ4v) is 5.57. The summed E-state index contributed by atoms with van der Waals surface area (Å²) >= 11 is 7.74. The average Bonchev–Trinajstić information content (AvgIpc) is 3.50. The van der Waals surface area contributed by atoms with Crippen LogP contribution in [0.3, 0.4) is 0 Å². The third-order valence-electron chi connectivity index (χ3n) is 6.66. The van der Waals surface area contributed by atoms with Crippen molar-refractivity contribution in [1.82, 2.24) is 19.8 Å². The van der Waals surface area contributed by atoms with Crippen LogP contribution < -0.4 is 0 Å². The van der Waals surface area contributed by atoms with Crippen LogP contribution in [0.5, 0.6) is 0 Å². The molecule has 190 valence electrons. The second-order valence-electron chi connectivity index (χ2n) is 9.52. The van der Waals surface area contributed by atoms with Gasteiger partial charge in [0, 0.05) is 54.0 Å². The first kappa shape index (κ1) is 25.4. The first-order valence-corrected chi connectivity index (χ1v) is 13.8. The Labute approximate surface area is 225 Å². The van der Waals surface area contributed by atoms with E-state index in [2.05, 4.69) is 30.1 Å². The lowest BCUT2D eigenvalue weighted by atomic mass is 10.0. The summed E-state index contributed by atoms with van der Waals surface area (Å²) in [5, 5.41) is 4.28. The van der Waals surface area contributed by atoms with Crippen molar-refractivity contribution in [2.45, 2.75) is 39.7 Å². The van der Waals surface area contributed by atoms with E-state index < -0.39 is 0 Å². The Balaban J connectivity index is 1.50. The maximum atomic E-state index is 13.6. The molecule has 5 rings (SSSR count). The minimum Gasteiger partial charge on any atom is -0.343 e. The third kappa shape index (κ3) is 5.84. The zero-order chi connectivity index (χ0) is 25.9. The van der Waals surface area contributed by atoms with E-state index in [-0.39, 0.29) is 11.8 Å². The monoisotopic (exact) mass is 532 g/mol. The number of carbonyl (C=O) groups excluding carboxylic acids is 2. The van der Waals surface area contributed by atoms with E-state index >= 15 is 0 Å². The largest absolute Gasteiger partial charge is 0.343 e. The molecule has 1 aliphatic rings. The SMILES string of the molecule is Cc1cccc(-c2nc3cc(Cl)ccc3cc2CN(CCCN2CCCC2=O)C(=O)c2csc(C)n2)c1. The molecule has 4 aromatic rings. The van der Waals surface area contributed by atoms with Crippen LogP contribution in [0.4, 0.5) is 0 Å². The van der Waals surface area contributed by atoms with E-state index in [4.69, 9.17) is 16.6 Å². The first-order chi connectivity index (χ1) is 17.9. The van der Waals surface area contributed by atoms with Crippen LogP contribution in [-0.2, 0) is 11.3 Å². The number of aryl methyl sites for hydroxylation is 2. The third-order valence-corrected chi connectivity index (χ3v) is 7.67. The molecule has 2 aromatic carbocycles. The van der Waals surface area contributed by atoms with Gasteiger partial charge in [-0.15, -0.1) is 11.3 Å². The number of aromatic nitrogens is 2. The maximum absolute atomic E-state index is 13.6. The Morgan fingerprint density at radius 1 is 1.14 bits per heavy atom. The fraction of sp³-hybridized carbons (Fsp3) is 0.310. The second kappa shape index (κ2) is 11.0. The predicted octanol–water partition coefficient (Wildman–Crippen LogP) is 6.28. The van der Waals surface area contributed by atoms with Gasteiger partial charge in [-0.05, 0) is 56.5 Å². The van der Waals surface area contributed by atoms with E-state index in [1.165, 1.54) is 11.3 Å². The van der Waals surface area contributed by atoms with E-state index in [0.717, 1.165) is 51.3 Å². The second-order valence-corrected chi connectivity index (χ2v) is 11.0. The minimum atomic E-state index is -0.108. The number of likely N-dealkylation sites (tertiary alicyclic amines) is 1. The van der Waals surface area contributed by atoms with Crippen LogP contribution in [-0.4, -0.2) is 51.2 Å². The number of hydrogen-bond acceptors (Lipinski definition) is 5. The standard InChI is InChI=1S/C29H29ClN4O2S/c1-19-6-3-7-22(14-19)28-23(15-21-9-10-24(30)16-25(21)32-28)17-34(29(36)26-18-37-20(2)31-26)13-5-12-33-11-4-8-27(33)35/h3,6-7,9-10,14-16,18H,4-5,8,11-13,17H2,1-2H3. The van der Waals surface area contributed by atoms with Crippen molar-refractivity contribution in [3.05, 3.63) is 80.8 Å². The first-order valence-electron chi connectivity index (χ1n) is 12.5. The number of thiazole rings is 1. The topological polar surface area (TPSA) is 66.4 Å². The van der Waals surface area contributed by atoms with Crippen LogP contribution in [0, 0.1) is 13.8 Å². The van der Waals surface area contributed by atoms with Crippen LogP contribution in [0.1, 0.15) is 45.9 Å². The van der Waals surface area contributed by atoms with Crippen LogP contribution in [0.15, 0.2) is 53.9 Å². The van der Waals surface area contributed by atoms with Gasteiger partial charge in [-0.2, -0.15) is 0 Å². The molecular weight excluding hydrogens is 504 g/mol. The number of amides is 2. The molecule has 37 heavy (non-hydrogen) atoms. The molecule has 0 saturated carbocycles. The summed E-state index contributed by atoms with van der Waals surface area (Å²) in [7, 11) is 0. The molecule has 2 amide bonds. The van der Waals surface area contributed by atoms with Crippen molar-refractivity contribution in [2.75, 3.05) is 19.6 Å². The van der Waals surface area contributed by atoms with Crippen molar-refractivity contribution in [3.63, 3.8) is 0 Å². The number of pyridine rings is 1. The van der Waals surface area contributed by atoms with Gasteiger partial charge in [0.2, 0.25) is 5.91 Å². The molecule has 0 spiro atoms. The lowest BCUT2D eigenvalue weighted by molar-refractivity contribution is -0.127. The van der Waals surface area contributed by atoms with Crippen molar-refractivity contribution in [3.8, 4) is 11.3 Å². The Morgan fingerprint density at radius 2 is 2.00 bits per heavy atom. The van der Waals surface area contributed by atoms with Gasteiger partial charge in [-0.1, -0.05) is 41.4 Å². The van der Waals surface area contributed by atoms with E-state index in [1.54, 1.807) is 0 Å². The summed E-state index contributed by atoms with van der Waals surface area (Å²) in [6, 6.07) is 16.0. The zero-order valence-corrected chi connectivity index (χ0v) is 22.6. The summed E-state index contributed by atoms with van der Waals surface area (Å²) in [5.74, 6) is 0.0932. The summed E-state index contributed by atoms with van der Waals surface area (Å²) in [5.41, 5.74) is 5.19. The number of nitrogens with zero attached hydrogens (tertiary/aromatic N) is 4. The maximum Gasteiger partial charge on any atom is 0.273 e. The molecule has 0 radical (unpaired) electrons. The highest BCUT2D eigenvalue weighted by molar-refractivity contribution is 7.09. The minimum absolute atomic E-state index is 0.108. The van der Waals surface area contributed by atoms with Crippen molar-refractivity contribution in [1.29, 1.82) is 0 Å². The number of halogens is 1. The van der Waals surface area contributed by atoms with Crippen LogP contribution >= 0.6 is 22.9 Å². The number of rotatable bonds is 8. The lowest BCUT2D eigenvalue weighted by Gasteiger charge is -2.25. The number of benzene rings is 2. The Kier molecular flexibility index (Phi) is 7.53. The van der Waals surface area contributed by atoms with Crippen molar-refractivity contribution < 1.29 is 9.59 Å². The van der Waals surface area contributed by atoms with Gasteiger partial charge in [-0.25, -0.2) is 9.97 Å². The summed E-state index contributed by atoms with van der Waals surface area (Å²) in [4.78, 5) is 38.9. The van der Waals surface area contributed by atoms with Gasteiger partial charge in [0.25, 0.3) is 5.91 Å². The molecule has 1 aliphatic heterocycles. The summed E-state index contributed by atoms with van der Waals surface area (Å²) in [6.07, 6.45) is 2.23. The molecule has 0 bridgehead atoms. The Hall–Kier alpha value is -3.29. The van der Waals surface area contributed by atoms with Gasteiger partial charge in [-0.3, -0.25) is 9.59 Å². The number of carbonyl (C=O) groups is 2. The molecule has 0 unspecified atom stereocenters. The fourth-order valence-electron chi connectivity index (χ4n) is 4.82. The van der Waals surface area contributed by atoms with Gasteiger partial charge in [0.15, 0.2) is 0 Å². The quantitative estimate of drug-likeness (QED) is 0.268. The molecular formula is C29H29ClN4O2S. The zero-order valence-electron chi connectivity index (χ0n) is 21.0. The predicted molar refractivity (Wildman–Crippen MR) is 149 cm³/mol. The lowest BCUT2D eigenvalue weighted by Crippen LogP contribution is -2.35. The normalized spacial score (nSPS) is 13.5. The van der Waals surface area contributed by atoms with Gasteiger partial charge >= 0.3 is 0 Å². The van der Waals surface area contributed by atoms with Crippen molar-refractivity contribution in [2.24, 2.45) is 0 Å². The number of fused-ring (bicyclic) bond motifs is 1. The molecule has 0 atom stereocenters. The highest BCUT2D eigenvalue weighted by atomic mass is 35.5. The highest BCUT2D eigenvalue weighted by Gasteiger charge is 2.23. The number of hydrogen-bond donors (Lipinski definition) is 0. The van der Waals surface area contributed by atoms with Gasteiger partial charge in [0.05, 0.1) is 16.2 Å². The average molecular weight is 533 g/mol. The van der Waals surface area contributed by atoms with Crippen molar-refractivity contribution >= 4 is 45.7 Å². The molecule has 6 nitrogen and oxygen atoms in total. The summed E-state index contributed by atoms with van der Waals surface area (Å²) in [6.45, 7) is 6.31. The molecule has 3 heterocycles. The highest BCUT2D eigenvalue weighted by Crippen LogP contribution is 2.29. The molecule has 0 aliphatic carbocycles. The molecule has 1 fully saturated rings. The van der Waals surface area contributed by atoms with E-state index in [9.17, 15) is 9.59 Å². The van der Waals surface area contributed by atoms with Crippen LogP contribution in [0.2, 0.25) is 5.02 Å². The molecule has 1 saturated heterocycles. The molecule has 2 aromatic heterocycles. The molecule has 0 N–H and O–H groups in total. The summed E-state index contributed by atoms with van der Waals surface area (Å²) < 4.78 is 0.